The zero-order valence-corrected chi connectivity index (χ0v) is 11.8. The van der Waals surface area contributed by atoms with Gasteiger partial charge in [0.15, 0.2) is 0 Å². The van der Waals surface area contributed by atoms with Crippen molar-refractivity contribution in [2.45, 2.75) is 25.9 Å². The highest BCUT2D eigenvalue weighted by Crippen LogP contribution is 2.27. The molecule has 0 saturated heterocycles. The molecule has 0 bridgehead atoms. The van der Waals surface area contributed by atoms with Crippen LogP contribution in [0.15, 0.2) is 36.4 Å². The third kappa shape index (κ3) is 2.64. The molecule has 0 radical (unpaired) electrons. The van der Waals surface area contributed by atoms with Gasteiger partial charge in [-0.15, -0.1) is 0 Å². The maximum absolute atomic E-state index is 8.81. The van der Waals surface area contributed by atoms with Gasteiger partial charge < -0.3 is 4.74 Å². The van der Waals surface area contributed by atoms with Crippen molar-refractivity contribution < 1.29 is 4.74 Å². The molecule has 0 aromatic heterocycles. The van der Waals surface area contributed by atoms with Gasteiger partial charge in [-0.3, -0.25) is 0 Å². The first-order valence-corrected chi connectivity index (χ1v) is 7.07. The Morgan fingerprint density at radius 2 is 1.95 bits per heavy atom. The van der Waals surface area contributed by atoms with Crippen LogP contribution in [0.2, 0.25) is 5.02 Å². The zero-order valence-electron chi connectivity index (χ0n) is 11.0. The van der Waals surface area contributed by atoms with Crippen LogP contribution in [0.3, 0.4) is 0 Å². The fourth-order valence-corrected chi connectivity index (χ4v) is 2.77. The molecule has 100 valence electrons. The Labute approximate surface area is 123 Å². The Morgan fingerprint density at radius 1 is 1.10 bits per heavy atom. The van der Waals surface area contributed by atoms with Gasteiger partial charge in [-0.25, -0.2) is 0 Å². The normalized spacial score (nSPS) is 12.8. The molecule has 20 heavy (non-hydrogen) atoms. The van der Waals surface area contributed by atoms with E-state index in [0.717, 1.165) is 17.7 Å². The van der Waals surface area contributed by atoms with Crippen molar-refractivity contribution >= 4 is 11.6 Å². The molecule has 0 N–H and O–H groups in total. The molecule has 0 heterocycles. The number of hydrogen-bond acceptors (Lipinski definition) is 2. The van der Waals surface area contributed by atoms with Crippen LogP contribution < -0.4 is 4.74 Å². The molecule has 3 rings (SSSR count). The van der Waals surface area contributed by atoms with Gasteiger partial charge >= 0.3 is 0 Å². The lowest BCUT2D eigenvalue weighted by Crippen LogP contribution is -1.97. The average molecular weight is 284 g/mol. The lowest BCUT2D eigenvalue weighted by Gasteiger charge is -2.09. The number of nitrogens with zero attached hydrogens (tertiary/aromatic N) is 1. The van der Waals surface area contributed by atoms with E-state index in [1.165, 1.54) is 24.0 Å². The highest BCUT2D eigenvalue weighted by atomic mass is 35.5. The van der Waals surface area contributed by atoms with Crippen LogP contribution >= 0.6 is 11.6 Å². The monoisotopic (exact) mass is 283 g/mol. The molecule has 0 amide bonds. The highest BCUT2D eigenvalue weighted by molar-refractivity contribution is 6.31. The predicted molar refractivity (Wildman–Crippen MR) is 79.0 cm³/mol. The smallest absolute Gasteiger partial charge is 0.120 e. The molecule has 1 aliphatic rings. The molecule has 0 spiro atoms. The molecule has 2 aromatic carbocycles. The predicted octanol–water partition coefficient (Wildman–Crippen LogP) is 4.28. The lowest BCUT2D eigenvalue weighted by atomic mass is 10.1. The first-order valence-electron chi connectivity index (χ1n) is 6.69. The second kappa shape index (κ2) is 5.56. The standard InChI is InChI=1S/C17H14ClNO/c18-17-8-12(10-19)4-5-15(17)11-20-16-7-6-13-2-1-3-14(13)9-16/h4-9H,1-3,11H2. The summed E-state index contributed by atoms with van der Waals surface area (Å²) in [7, 11) is 0. The molecule has 0 aliphatic heterocycles. The summed E-state index contributed by atoms with van der Waals surface area (Å²) in [4.78, 5) is 0. The van der Waals surface area contributed by atoms with Crippen LogP contribution in [0.25, 0.3) is 0 Å². The largest absolute Gasteiger partial charge is 0.489 e. The molecule has 0 fully saturated rings. The van der Waals surface area contributed by atoms with Crippen LogP contribution in [-0.2, 0) is 19.4 Å². The van der Waals surface area contributed by atoms with Crippen LogP contribution in [0.5, 0.6) is 5.75 Å². The molecule has 0 saturated carbocycles. The maximum Gasteiger partial charge on any atom is 0.120 e. The summed E-state index contributed by atoms with van der Waals surface area (Å²) in [6, 6.07) is 13.6. The number of ether oxygens (including phenoxy) is 1. The summed E-state index contributed by atoms with van der Waals surface area (Å²) in [5.74, 6) is 0.881. The maximum atomic E-state index is 8.81. The van der Waals surface area contributed by atoms with E-state index in [1.807, 2.05) is 12.1 Å². The van der Waals surface area contributed by atoms with E-state index in [2.05, 4.69) is 18.2 Å². The molecule has 0 unspecified atom stereocenters. The molecular formula is C17H14ClNO. The van der Waals surface area contributed by atoms with E-state index in [0.29, 0.717) is 17.2 Å². The number of rotatable bonds is 3. The number of aryl methyl sites for hydroxylation is 2. The second-order valence-electron chi connectivity index (χ2n) is 4.99. The molecular weight excluding hydrogens is 270 g/mol. The van der Waals surface area contributed by atoms with E-state index in [4.69, 9.17) is 21.6 Å². The fraction of sp³-hybridized carbons (Fsp3) is 0.235. The summed E-state index contributed by atoms with van der Waals surface area (Å²) in [6.07, 6.45) is 3.56. The van der Waals surface area contributed by atoms with Crippen molar-refractivity contribution in [2.75, 3.05) is 0 Å². The van der Waals surface area contributed by atoms with Crippen molar-refractivity contribution in [1.29, 1.82) is 5.26 Å². The van der Waals surface area contributed by atoms with E-state index in [-0.39, 0.29) is 0 Å². The minimum absolute atomic E-state index is 0.420. The number of benzene rings is 2. The third-order valence-electron chi connectivity index (χ3n) is 3.65. The van der Waals surface area contributed by atoms with E-state index in [1.54, 1.807) is 12.1 Å². The van der Waals surface area contributed by atoms with Crippen molar-refractivity contribution in [3.63, 3.8) is 0 Å². The fourth-order valence-electron chi connectivity index (χ4n) is 2.53. The van der Waals surface area contributed by atoms with Gasteiger partial charge in [-0.1, -0.05) is 23.7 Å². The summed E-state index contributed by atoms with van der Waals surface area (Å²) < 4.78 is 5.80. The van der Waals surface area contributed by atoms with Gasteiger partial charge in [0.25, 0.3) is 0 Å². The van der Waals surface area contributed by atoms with Gasteiger partial charge in [0.1, 0.15) is 12.4 Å². The van der Waals surface area contributed by atoms with Crippen LogP contribution in [0, 0.1) is 11.3 Å². The first kappa shape index (κ1) is 13.0. The number of halogens is 1. The van der Waals surface area contributed by atoms with Crippen molar-refractivity contribution in [1.82, 2.24) is 0 Å². The third-order valence-corrected chi connectivity index (χ3v) is 4.00. The Morgan fingerprint density at radius 3 is 2.75 bits per heavy atom. The SMILES string of the molecule is N#Cc1ccc(COc2ccc3c(c2)CCC3)c(Cl)c1. The van der Waals surface area contributed by atoms with Crippen LogP contribution in [0.4, 0.5) is 0 Å². The topological polar surface area (TPSA) is 33.0 Å². The summed E-state index contributed by atoms with van der Waals surface area (Å²) in [6.45, 7) is 0.420. The summed E-state index contributed by atoms with van der Waals surface area (Å²) in [5.41, 5.74) is 4.30. The van der Waals surface area contributed by atoms with Gasteiger partial charge in [-0.2, -0.15) is 5.26 Å². The number of nitriles is 1. The Hall–Kier alpha value is -1.98. The van der Waals surface area contributed by atoms with Crippen molar-refractivity contribution in [3.8, 4) is 11.8 Å². The van der Waals surface area contributed by atoms with Gasteiger partial charge in [0.2, 0.25) is 0 Å². The second-order valence-corrected chi connectivity index (χ2v) is 5.40. The van der Waals surface area contributed by atoms with Gasteiger partial charge in [0.05, 0.1) is 11.6 Å². The minimum atomic E-state index is 0.420. The van der Waals surface area contributed by atoms with E-state index in [9.17, 15) is 0 Å². The average Bonchev–Trinajstić information content (AvgIpc) is 2.93. The molecule has 0 atom stereocenters. The van der Waals surface area contributed by atoms with Crippen LogP contribution in [0.1, 0.15) is 28.7 Å². The molecule has 2 nitrogen and oxygen atoms in total. The minimum Gasteiger partial charge on any atom is -0.489 e. The van der Waals surface area contributed by atoms with Crippen molar-refractivity contribution in [3.05, 3.63) is 63.7 Å². The molecule has 3 heteroatoms. The summed E-state index contributed by atoms with van der Waals surface area (Å²) >= 11 is 6.14. The Kier molecular flexibility index (Phi) is 3.62. The lowest BCUT2D eigenvalue weighted by molar-refractivity contribution is 0.306. The molecule has 1 aliphatic carbocycles. The van der Waals surface area contributed by atoms with E-state index < -0.39 is 0 Å². The quantitative estimate of drug-likeness (QED) is 0.842. The Bertz CT molecular complexity index is 688. The first-order chi connectivity index (χ1) is 9.76. The van der Waals surface area contributed by atoms with Gasteiger partial charge in [-0.05, 0) is 54.7 Å². The van der Waals surface area contributed by atoms with Gasteiger partial charge in [0, 0.05) is 10.6 Å². The number of fused-ring (bicyclic) bond motifs is 1. The van der Waals surface area contributed by atoms with Crippen molar-refractivity contribution in [2.24, 2.45) is 0 Å². The molecule has 2 aromatic rings. The van der Waals surface area contributed by atoms with Crippen LogP contribution in [-0.4, -0.2) is 0 Å². The van der Waals surface area contributed by atoms with E-state index >= 15 is 0 Å². The zero-order chi connectivity index (χ0) is 13.9. The number of hydrogen-bond donors (Lipinski definition) is 0. The Balaban J connectivity index is 1.72. The highest BCUT2D eigenvalue weighted by Gasteiger charge is 2.11. The summed E-state index contributed by atoms with van der Waals surface area (Å²) in [5, 5.41) is 9.38.